The van der Waals surface area contributed by atoms with Gasteiger partial charge in [0.05, 0.1) is 23.9 Å². The molecule has 9 heteroatoms. The minimum atomic E-state index is -0.476. The Labute approximate surface area is 205 Å². The minimum Gasteiger partial charge on any atom is -0.462 e. The quantitative estimate of drug-likeness (QED) is 0.370. The molecular formula is C25H25N3O4S2. The van der Waals surface area contributed by atoms with Crippen LogP contribution in [0.4, 0.5) is 5.00 Å². The maximum Gasteiger partial charge on any atom is 0.341 e. The number of benzene rings is 1. The first-order valence-corrected chi connectivity index (χ1v) is 12.5. The van der Waals surface area contributed by atoms with Gasteiger partial charge in [0.25, 0.3) is 5.56 Å². The van der Waals surface area contributed by atoms with E-state index in [1.807, 2.05) is 45.2 Å². The van der Waals surface area contributed by atoms with E-state index in [1.165, 1.54) is 39.1 Å². The zero-order valence-corrected chi connectivity index (χ0v) is 21.3. The first kappa shape index (κ1) is 23.8. The van der Waals surface area contributed by atoms with Gasteiger partial charge in [0, 0.05) is 15.8 Å². The maximum absolute atomic E-state index is 13.3. The van der Waals surface area contributed by atoms with Crippen LogP contribution in [0, 0.1) is 27.7 Å². The van der Waals surface area contributed by atoms with Crippen LogP contribution in [0.3, 0.4) is 0 Å². The number of ether oxygens (including phenoxy) is 1. The van der Waals surface area contributed by atoms with Gasteiger partial charge in [0.15, 0.2) is 0 Å². The van der Waals surface area contributed by atoms with E-state index in [4.69, 9.17) is 4.74 Å². The molecule has 176 valence electrons. The maximum atomic E-state index is 13.3. The van der Waals surface area contributed by atoms with E-state index >= 15 is 0 Å². The van der Waals surface area contributed by atoms with Gasteiger partial charge in [-0.25, -0.2) is 9.78 Å². The van der Waals surface area contributed by atoms with Crippen molar-refractivity contribution in [3.8, 4) is 11.1 Å². The van der Waals surface area contributed by atoms with Crippen LogP contribution >= 0.6 is 22.7 Å². The molecule has 7 nitrogen and oxygen atoms in total. The Hall–Kier alpha value is -3.30. The summed E-state index contributed by atoms with van der Waals surface area (Å²) in [5.74, 6) is -0.894. The highest BCUT2D eigenvalue weighted by Crippen LogP contribution is 2.33. The van der Waals surface area contributed by atoms with Gasteiger partial charge in [0.1, 0.15) is 16.4 Å². The van der Waals surface area contributed by atoms with Gasteiger partial charge in [-0.3, -0.25) is 14.2 Å². The zero-order chi connectivity index (χ0) is 24.6. The number of rotatable bonds is 6. The van der Waals surface area contributed by atoms with E-state index < -0.39 is 11.9 Å². The lowest BCUT2D eigenvalue weighted by Crippen LogP contribution is -2.28. The molecule has 0 saturated heterocycles. The number of thiophene rings is 2. The van der Waals surface area contributed by atoms with Crippen LogP contribution < -0.4 is 10.9 Å². The van der Waals surface area contributed by atoms with Crippen LogP contribution in [0.1, 0.15) is 38.8 Å². The summed E-state index contributed by atoms with van der Waals surface area (Å²) in [4.78, 5) is 44.5. The van der Waals surface area contributed by atoms with Crippen molar-refractivity contribution in [2.45, 2.75) is 41.2 Å². The molecule has 0 unspecified atom stereocenters. The van der Waals surface area contributed by atoms with Crippen LogP contribution in [0.15, 0.2) is 34.7 Å². The van der Waals surface area contributed by atoms with Crippen molar-refractivity contribution >= 4 is 49.8 Å². The van der Waals surface area contributed by atoms with Gasteiger partial charge in [-0.15, -0.1) is 22.7 Å². The molecule has 0 atom stereocenters. The lowest BCUT2D eigenvalue weighted by Gasteiger charge is -2.09. The third-order valence-electron chi connectivity index (χ3n) is 5.81. The summed E-state index contributed by atoms with van der Waals surface area (Å²) in [7, 11) is 0. The zero-order valence-electron chi connectivity index (χ0n) is 19.6. The van der Waals surface area contributed by atoms with Crippen molar-refractivity contribution in [3.05, 3.63) is 67.4 Å². The van der Waals surface area contributed by atoms with Crippen LogP contribution in [0.5, 0.6) is 0 Å². The number of nitrogens with zero attached hydrogens (tertiary/aromatic N) is 2. The van der Waals surface area contributed by atoms with Crippen LogP contribution in [-0.4, -0.2) is 28.0 Å². The number of esters is 1. The van der Waals surface area contributed by atoms with Crippen LogP contribution in [-0.2, 0) is 16.1 Å². The fourth-order valence-electron chi connectivity index (χ4n) is 3.69. The third-order valence-corrected chi connectivity index (χ3v) is 7.82. The number of aryl methyl sites for hydroxylation is 3. The molecule has 1 amide bonds. The van der Waals surface area contributed by atoms with Gasteiger partial charge in [0.2, 0.25) is 5.91 Å². The molecule has 0 spiro atoms. The first-order valence-electron chi connectivity index (χ1n) is 10.8. The first-order chi connectivity index (χ1) is 16.2. The van der Waals surface area contributed by atoms with Crippen molar-refractivity contribution in [2.75, 3.05) is 11.9 Å². The number of carbonyl (C=O) groups is 2. The molecule has 3 aromatic heterocycles. The lowest BCUT2D eigenvalue weighted by molar-refractivity contribution is -0.116. The number of fused-ring (bicyclic) bond motifs is 1. The number of aromatic nitrogens is 2. The summed E-state index contributed by atoms with van der Waals surface area (Å²) in [6.07, 6.45) is 1.39. The summed E-state index contributed by atoms with van der Waals surface area (Å²) in [6.45, 7) is 9.53. The van der Waals surface area contributed by atoms with Crippen molar-refractivity contribution in [1.82, 2.24) is 9.55 Å². The van der Waals surface area contributed by atoms with Gasteiger partial charge < -0.3 is 10.1 Å². The highest BCUT2D eigenvalue weighted by Gasteiger charge is 2.22. The number of anilines is 1. The summed E-state index contributed by atoms with van der Waals surface area (Å²) < 4.78 is 6.44. The Morgan fingerprint density at radius 2 is 1.91 bits per heavy atom. The molecule has 3 heterocycles. The molecular weight excluding hydrogens is 470 g/mol. The number of hydrogen-bond donors (Lipinski definition) is 1. The van der Waals surface area contributed by atoms with Crippen molar-refractivity contribution in [3.63, 3.8) is 0 Å². The molecule has 0 aliphatic heterocycles. The second-order valence-electron chi connectivity index (χ2n) is 8.06. The van der Waals surface area contributed by atoms with Crippen molar-refractivity contribution < 1.29 is 14.3 Å². The highest BCUT2D eigenvalue weighted by molar-refractivity contribution is 7.17. The highest BCUT2D eigenvalue weighted by atomic mass is 32.1. The van der Waals surface area contributed by atoms with Crippen LogP contribution in [0.25, 0.3) is 21.3 Å². The van der Waals surface area contributed by atoms with Crippen molar-refractivity contribution in [1.29, 1.82) is 0 Å². The Balaban J connectivity index is 1.65. The second-order valence-corrected chi connectivity index (χ2v) is 10.1. The molecule has 4 rings (SSSR count). The largest absolute Gasteiger partial charge is 0.462 e. The Kier molecular flexibility index (Phi) is 6.67. The van der Waals surface area contributed by atoms with Crippen molar-refractivity contribution in [2.24, 2.45) is 0 Å². The van der Waals surface area contributed by atoms with E-state index in [1.54, 1.807) is 6.92 Å². The lowest BCUT2D eigenvalue weighted by atomic mass is 10.0. The van der Waals surface area contributed by atoms with Gasteiger partial charge in [-0.2, -0.15) is 0 Å². The summed E-state index contributed by atoms with van der Waals surface area (Å²) in [5, 5.41) is 5.63. The number of carbonyl (C=O) groups excluding carboxylic acids is 2. The fourth-order valence-corrected chi connectivity index (χ4v) is 5.66. The normalized spacial score (nSPS) is 11.1. The second kappa shape index (κ2) is 9.52. The monoisotopic (exact) mass is 495 g/mol. The molecule has 0 saturated carbocycles. The Morgan fingerprint density at radius 3 is 2.62 bits per heavy atom. The van der Waals surface area contributed by atoms with Crippen LogP contribution in [0.2, 0.25) is 0 Å². The Bertz CT molecular complexity index is 1480. The average Bonchev–Trinajstić information content (AvgIpc) is 3.33. The molecule has 0 bridgehead atoms. The smallest absolute Gasteiger partial charge is 0.341 e. The summed E-state index contributed by atoms with van der Waals surface area (Å²) >= 11 is 2.71. The molecule has 34 heavy (non-hydrogen) atoms. The van der Waals surface area contributed by atoms with E-state index in [9.17, 15) is 14.4 Å². The molecule has 0 aliphatic carbocycles. The third kappa shape index (κ3) is 4.41. The average molecular weight is 496 g/mol. The van der Waals surface area contributed by atoms with Gasteiger partial charge >= 0.3 is 5.97 Å². The summed E-state index contributed by atoms with van der Waals surface area (Å²) in [6, 6.07) is 6.08. The summed E-state index contributed by atoms with van der Waals surface area (Å²) in [5.41, 5.74) is 4.92. The predicted molar refractivity (Wildman–Crippen MR) is 137 cm³/mol. The molecule has 1 N–H and O–H groups in total. The SMILES string of the molecule is CCOC(=O)c1c(NC(=O)Cn2cnc3scc(-c4ccc(C)c(C)c4)c3c2=O)sc(C)c1C. The standard InChI is InChI=1S/C25H25N3O4S2/c1-6-32-25(31)20-15(4)16(5)34-23(20)27-19(29)10-28-12-26-22-21(24(28)30)18(11-33-22)17-8-7-13(2)14(3)9-17/h7-9,11-12H,6,10H2,1-5H3,(H,27,29). The minimum absolute atomic E-state index is 0.220. The van der Waals surface area contributed by atoms with E-state index in [0.29, 0.717) is 20.8 Å². The van der Waals surface area contributed by atoms with Gasteiger partial charge in [-0.05, 0) is 56.9 Å². The molecule has 0 fully saturated rings. The molecule has 0 aliphatic rings. The van der Waals surface area contributed by atoms with Gasteiger partial charge in [-0.1, -0.05) is 18.2 Å². The van der Waals surface area contributed by atoms with E-state index in [2.05, 4.69) is 16.4 Å². The number of amides is 1. The van der Waals surface area contributed by atoms with E-state index in [-0.39, 0.29) is 18.7 Å². The van der Waals surface area contributed by atoms with E-state index in [0.717, 1.165) is 27.1 Å². The molecule has 1 aromatic carbocycles. The topological polar surface area (TPSA) is 90.3 Å². The predicted octanol–water partition coefficient (Wildman–Crippen LogP) is 5.24. The Morgan fingerprint density at radius 1 is 1.15 bits per heavy atom. The molecule has 4 aromatic rings. The number of hydrogen-bond acceptors (Lipinski definition) is 7. The fraction of sp³-hybridized carbons (Fsp3) is 0.280. The molecule has 0 radical (unpaired) electrons. The number of nitrogens with one attached hydrogen (secondary N) is 1.